The van der Waals surface area contributed by atoms with Crippen LogP contribution in [0.15, 0.2) is 0 Å². The number of alkyl halides is 2. The van der Waals surface area contributed by atoms with Crippen LogP contribution in [0.4, 0.5) is 0 Å². The highest BCUT2D eigenvalue weighted by molar-refractivity contribution is 9.09. The van der Waals surface area contributed by atoms with Crippen LogP contribution in [-0.4, -0.2) is 97.2 Å². The van der Waals surface area contributed by atoms with Gasteiger partial charge >= 0.3 is 41.8 Å². The van der Waals surface area contributed by atoms with Crippen molar-refractivity contribution >= 4 is 73.6 Å². The number of esters is 6. The molecule has 0 saturated carbocycles. The average Bonchev–Trinajstić information content (AvgIpc) is 2.89. The Kier molecular flexibility index (Phi) is 35.9. The van der Waals surface area contributed by atoms with E-state index in [1.807, 2.05) is 0 Å². The largest absolute Gasteiger partial charge is 0.481 e. The maximum atomic E-state index is 11.5. The van der Waals surface area contributed by atoms with Gasteiger partial charge < -0.3 is 33.5 Å². The number of halogens is 2. The SMILES string of the molecule is CCOC(=O)CBr.CCOC(=O)CC(=O)OCC.CCOC(=O)CC(C(=O)OCC)C(=O)OCC.O=C(O)CBr. The van der Waals surface area contributed by atoms with E-state index in [1.54, 1.807) is 41.5 Å². The van der Waals surface area contributed by atoms with Crippen molar-refractivity contribution in [1.82, 2.24) is 0 Å². The highest BCUT2D eigenvalue weighted by Gasteiger charge is 2.32. The third kappa shape index (κ3) is 33.3. The molecule has 40 heavy (non-hydrogen) atoms. The van der Waals surface area contributed by atoms with Gasteiger partial charge in [-0.15, -0.1) is 0 Å². The molecule has 234 valence electrons. The topological polar surface area (TPSA) is 195 Å². The molecule has 0 saturated heterocycles. The molecule has 0 amide bonds. The van der Waals surface area contributed by atoms with E-state index in [0.717, 1.165) is 0 Å². The summed E-state index contributed by atoms with van der Waals surface area (Å²) in [6.07, 6.45) is -0.646. The first-order chi connectivity index (χ1) is 18.8. The second-order valence-corrected chi connectivity index (χ2v) is 7.44. The zero-order chi connectivity index (χ0) is 31.9. The summed E-state index contributed by atoms with van der Waals surface area (Å²) in [6.45, 7) is 11.5. The molecule has 0 radical (unpaired) electrons. The monoisotopic (exact) mass is 710 g/mol. The molecule has 0 rings (SSSR count). The summed E-state index contributed by atoms with van der Waals surface area (Å²) in [6, 6.07) is 0. The number of hydrogen-bond acceptors (Lipinski definition) is 13. The Bertz CT molecular complexity index is 709. The van der Waals surface area contributed by atoms with E-state index in [-0.39, 0.29) is 57.2 Å². The third-order valence-electron chi connectivity index (χ3n) is 3.25. The number of carbonyl (C=O) groups excluding carboxylic acids is 6. The molecule has 14 nitrogen and oxygen atoms in total. The molecule has 0 aromatic carbocycles. The van der Waals surface area contributed by atoms with Crippen molar-refractivity contribution in [3.63, 3.8) is 0 Å². The molecule has 0 aliphatic heterocycles. The number of rotatable bonds is 14. The van der Waals surface area contributed by atoms with Crippen molar-refractivity contribution in [2.75, 3.05) is 50.3 Å². The van der Waals surface area contributed by atoms with Gasteiger partial charge in [-0.1, -0.05) is 31.9 Å². The van der Waals surface area contributed by atoms with Gasteiger partial charge in [0.1, 0.15) is 17.1 Å². The Morgan fingerprint density at radius 2 is 0.825 bits per heavy atom. The highest BCUT2D eigenvalue weighted by Crippen LogP contribution is 2.10. The molecule has 0 atom stereocenters. The van der Waals surface area contributed by atoms with Gasteiger partial charge in [-0.2, -0.15) is 0 Å². The third-order valence-corrected chi connectivity index (χ3v) is 4.18. The normalized spacial score (nSPS) is 9.03. The summed E-state index contributed by atoms with van der Waals surface area (Å²) in [5.74, 6) is -5.50. The van der Waals surface area contributed by atoms with Crippen LogP contribution in [0.5, 0.6) is 0 Å². The molecule has 0 aliphatic carbocycles. The lowest BCUT2D eigenvalue weighted by Gasteiger charge is -2.13. The van der Waals surface area contributed by atoms with Crippen LogP contribution < -0.4 is 0 Å². The predicted molar refractivity (Wildman–Crippen MR) is 148 cm³/mol. The quantitative estimate of drug-likeness (QED) is 0.119. The first-order valence-electron chi connectivity index (χ1n) is 12.1. The van der Waals surface area contributed by atoms with E-state index in [2.05, 4.69) is 50.8 Å². The zero-order valence-electron chi connectivity index (χ0n) is 23.7. The fourth-order valence-corrected chi connectivity index (χ4v) is 2.04. The van der Waals surface area contributed by atoms with Crippen LogP contribution in [0.1, 0.15) is 54.4 Å². The molecule has 0 bridgehead atoms. The van der Waals surface area contributed by atoms with Crippen molar-refractivity contribution in [2.45, 2.75) is 54.4 Å². The van der Waals surface area contributed by atoms with Crippen LogP contribution in [0.25, 0.3) is 0 Å². The molecule has 16 heteroatoms. The average molecular weight is 712 g/mol. The summed E-state index contributed by atoms with van der Waals surface area (Å²) < 4.78 is 27.6. The fourth-order valence-electron chi connectivity index (χ4n) is 1.88. The van der Waals surface area contributed by atoms with Crippen molar-refractivity contribution in [3.05, 3.63) is 0 Å². The number of carboxylic acids is 1. The number of carboxylic acid groups (broad SMARTS) is 1. The minimum atomic E-state index is -1.24. The van der Waals surface area contributed by atoms with Crippen LogP contribution in [0.3, 0.4) is 0 Å². The Balaban J connectivity index is -0.000000241. The molecule has 0 spiro atoms. The second kappa shape index (κ2) is 32.5. The molecule has 1 N–H and O–H groups in total. The van der Waals surface area contributed by atoms with Crippen LogP contribution in [0.2, 0.25) is 0 Å². The molecule has 0 unspecified atom stereocenters. The second-order valence-electron chi connectivity index (χ2n) is 6.32. The first-order valence-corrected chi connectivity index (χ1v) is 14.4. The fraction of sp³-hybridized carbons (Fsp3) is 0.708. The lowest BCUT2D eigenvalue weighted by Crippen LogP contribution is -2.30. The molecule has 0 aliphatic rings. The molecule has 0 aromatic heterocycles. The summed E-state index contributed by atoms with van der Waals surface area (Å²) in [4.78, 5) is 74.8. The lowest BCUT2D eigenvalue weighted by molar-refractivity contribution is -0.166. The van der Waals surface area contributed by atoms with Crippen molar-refractivity contribution in [3.8, 4) is 0 Å². The van der Waals surface area contributed by atoms with E-state index >= 15 is 0 Å². The first kappa shape index (κ1) is 44.3. The van der Waals surface area contributed by atoms with E-state index in [9.17, 15) is 33.6 Å². The smallest absolute Gasteiger partial charge is 0.320 e. The number of ether oxygens (including phenoxy) is 6. The molecular weight excluding hydrogens is 672 g/mol. The van der Waals surface area contributed by atoms with Gasteiger partial charge in [0.25, 0.3) is 0 Å². The number of aliphatic carboxylic acids is 1. The van der Waals surface area contributed by atoms with Gasteiger partial charge in [0.2, 0.25) is 0 Å². The van der Waals surface area contributed by atoms with Gasteiger partial charge in [0, 0.05) is 0 Å². The van der Waals surface area contributed by atoms with Crippen LogP contribution in [-0.2, 0) is 62.0 Å². The van der Waals surface area contributed by atoms with E-state index in [1.165, 1.54) is 0 Å². The summed E-state index contributed by atoms with van der Waals surface area (Å²) >= 11 is 5.66. The summed E-state index contributed by atoms with van der Waals surface area (Å²) in [5.41, 5.74) is 0. The van der Waals surface area contributed by atoms with Gasteiger partial charge in [0.05, 0.1) is 46.1 Å². The minimum Gasteiger partial charge on any atom is -0.481 e. The lowest BCUT2D eigenvalue weighted by atomic mass is 10.1. The molecule has 0 fully saturated rings. The maximum absolute atomic E-state index is 11.5. The van der Waals surface area contributed by atoms with E-state index in [4.69, 9.17) is 14.6 Å². The summed E-state index contributed by atoms with van der Waals surface area (Å²) in [7, 11) is 0. The molecule has 0 aromatic rings. The van der Waals surface area contributed by atoms with Crippen molar-refractivity contribution in [2.24, 2.45) is 5.92 Å². The minimum absolute atomic E-state index is 0.0347. The van der Waals surface area contributed by atoms with Gasteiger partial charge in [-0.05, 0) is 41.5 Å². The Hall–Kier alpha value is -2.75. The van der Waals surface area contributed by atoms with Crippen LogP contribution in [0, 0.1) is 5.92 Å². The maximum Gasteiger partial charge on any atom is 0.320 e. The number of carbonyl (C=O) groups is 7. The standard InChI is InChI=1S/C11H18O6.C7H12O4.C4H7BrO2.C2H3BrO2/c1-4-15-9(12)7-8(10(13)16-5-2)11(14)17-6-3;1-3-10-6(8)5-7(9)11-4-2;1-2-7-4(6)3-5;3-1-2(4)5/h8H,4-7H2,1-3H3;3-5H2,1-2H3;2-3H2,1H3;1H2,(H,4,5). The predicted octanol–water partition coefficient (Wildman–Crippen LogP) is 2.60. The van der Waals surface area contributed by atoms with Crippen molar-refractivity contribution in [1.29, 1.82) is 0 Å². The van der Waals surface area contributed by atoms with E-state index < -0.39 is 41.7 Å². The van der Waals surface area contributed by atoms with E-state index in [0.29, 0.717) is 11.9 Å². The van der Waals surface area contributed by atoms with Crippen LogP contribution >= 0.6 is 31.9 Å². The highest BCUT2D eigenvalue weighted by atomic mass is 79.9. The Labute approximate surface area is 250 Å². The molecule has 0 heterocycles. The number of hydrogen-bond donors (Lipinski definition) is 1. The van der Waals surface area contributed by atoms with Gasteiger partial charge in [0.15, 0.2) is 5.92 Å². The summed E-state index contributed by atoms with van der Waals surface area (Å²) in [5, 5.41) is 8.00. The Morgan fingerprint density at radius 1 is 0.525 bits per heavy atom. The zero-order valence-corrected chi connectivity index (χ0v) is 26.8. The Morgan fingerprint density at radius 3 is 1.07 bits per heavy atom. The van der Waals surface area contributed by atoms with Gasteiger partial charge in [-0.3, -0.25) is 33.6 Å². The molecular formula is C24H40Br2O14. The van der Waals surface area contributed by atoms with Crippen molar-refractivity contribution < 1.29 is 67.1 Å². The van der Waals surface area contributed by atoms with Gasteiger partial charge in [-0.25, -0.2) is 0 Å².